The van der Waals surface area contributed by atoms with E-state index in [-0.39, 0.29) is 18.2 Å². The van der Waals surface area contributed by atoms with E-state index in [9.17, 15) is 9.90 Å². The second-order valence-corrected chi connectivity index (χ2v) is 10.8. The second-order valence-electron chi connectivity index (χ2n) is 7.32. The number of aromatic hydroxyl groups is 1. The van der Waals surface area contributed by atoms with E-state index in [0.29, 0.717) is 23.0 Å². The summed E-state index contributed by atoms with van der Waals surface area (Å²) in [5.41, 5.74) is 1.18. The van der Waals surface area contributed by atoms with E-state index in [1.54, 1.807) is 12.1 Å². The van der Waals surface area contributed by atoms with Gasteiger partial charge in [0.1, 0.15) is 35.6 Å². The summed E-state index contributed by atoms with van der Waals surface area (Å²) in [5.74, 6) is 0.396. The van der Waals surface area contributed by atoms with Crippen LogP contribution in [0.15, 0.2) is 103 Å². The van der Waals surface area contributed by atoms with Crippen LogP contribution >= 0.6 is 7.26 Å². The molecule has 162 valence electrons. The summed E-state index contributed by atoms with van der Waals surface area (Å²) >= 11 is 0. The molecular weight excluding hydrogens is 439 g/mol. The van der Waals surface area contributed by atoms with Gasteiger partial charge in [0.2, 0.25) is 0 Å². The molecule has 0 aliphatic rings. The molecule has 0 saturated carbocycles. The third-order valence-corrected chi connectivity index (χ3v) is 9.88. The van der Waals surface area contributed by atoms with E-state index >= 15 is 0 Å². The number of rotatable bonds is 7. The van der Waals surface area contributed by atoms with Crippen LogP contribution in [0.4, 0.5) is 0 Å². The number of aldehydes is 1. The molecule has 3 nitrogen and oxygen atoms in total. The molecule has 4 aromatic rings. The number of halogens is 1. The van der Waals surface area contributed by atoms with E-state index in [0.717, 1.165) is 6.29 Å². The van der Waals surface area contributed by atoms with Crippen molar-refractivity contribution in [3.8, 4) is 11.5 Å². The predicted octanol–water partition coefficient (Wildman–Crippen LogP) is 1.71. The van der Waals surface area contributed by atoms with E-state index < -0.39 is 7.26 Å². The molecule has 0 bridgehead atoms. The molecule has 0 heterocycles. The van der Waals surface area contributed by atoms with Gasteiger partial charge in [0.05, 0.1) is 7.11 Å². The lowest BCUT2D eigenvalue weighted by Gasteiger charge is -2.28. The quantitative estimate of drug-likeness (QED) is 0.336. The van der Waals surface area contributed by atoms with Crippen molar-refractivity contribution in [2.75, 3.05) is 7.11 Å². The van der Waals surface area contributed by atoms with Crippen molar-refractivity contribution in [2.24, 2.45) is 0 Å². The maximum Gasteiger partial charge on any atom is 0.164 e. The summed E-state index contributed by atoms with van der Waals surface area (Å²) in [6.45, 7) is 0. The van der Waals surface area contributed by atoms with Gasteiger partial charge in [-0.2, -0.15) is 0 Å². The molecule has 32 heavy (non-hydrogen) atoms. The monoisotopic (exact) mass is 462 g/mol. The molecule has 0 atom stereocenters. The zero-order valence-corrected chi connectivity index (χ0v) is 19.3. The number of phenols is 1. The fraction of sp³-hybridized carbons (Fsp3) is 0.0741. The minimum Gasteiger partial charge on any atom is -1.00 e. The molecule has 0 saturated heterocycles. The van der Waals surface area contributed by atoms with Gasteiger partial charge in [0.15, 0.2) is 11.5 Å². The Hall–Kier alpha value is -3.13. The van der Waals surface area contributed by atoms with Crippen LogP contribution in [0.25, 0.3) is 0 Å². The van der Waals surface area contributed by atoms with Crippen molar-refractivity contribution in [1.29, 1.82) is 0 Å². The Balaban J connectivity index is 0.00000289. The molecule has 4 aromatic carbocycles. The Bertz CT molecular complexity index is 1070. The van der Waals surface area contributed by atoms with Gasteiger partial charge >= 0.3 is 0 Å². The van der Waals surface area contributed by atoms with Crippen LogP contribution < -0.4 is 33.1 Å². The lowest BCUT2D eigenvalue weighted by molar-refractivity contribution is -0.0000135. The minimum atomic E-state index is -2.19. The van der Waals surface area contributed by atoms with Crippen molar-refractivity contribution in [1.82, 2.24) is 0 Å². The van der Waals surface area contributed by atoms with Crippen LogP contribution in [0.5, 0.6) is 11.5 Å². The van der Waals surface area contributed by atoms with Gasteiger partial charge in [0, 0.05) is 11.1 Å². The Morgan fingerprint density at radius 3 is 1.59 bits per heavy atom. The normalized spacial score (nSPS) is 10.8. The van der Waals surface area contributed by atoms with Crippen molar-refractivity contribution < 1.29 is 27.0 Å². The summed E-state index contributed by atoms with van der Waals surface area (Å²) in [6.07, 6.45) is 1.36. The molecule has 0 aliphatic carbocycles. The number of carbonyl (C=O) groups is 1. The molecular formula is C27H24ClO3P. The molecule has 0 unspecified atom stereocenters. The lowest BCUT2D eigenvalue weighted by Crippen LogP contribution is -3.00. The average molecular weight is 463 g/mol. The molecule has 0 aliphatic heterocycles. The highest BCUT2D eigenvalue weighted by Crippen LogP contribution is 2.59. The molecule has 0 spiro atoms. The lowest BCUT2D eigenvalue weighted by atomic mass is 10.1. The number of methoxy groups -OCH3 is 1. The molecule has 0 radical (unpaired) electrons. The van der Waals surface area contributed by atoms with Gasteiger partial charge in [-0.1, -0.05) is 54.6 Å². The first-order valence-corrected chi connectivity index (χ1v) is 12.1. The van der Waals surface area contributed by atoms with Crippen LogP contribution in [0, 0.1) is 0 Å². The third kappa shape index (κ3) is 4.41. The summed E-state index contributed by atoms with van der Waals surface area (Å²) in [4.78, 5) is 11.6. The molecule has 0 fully saturated rings. The maximum atomic E-state index is 11.6. The summed E-state index contributed by atoms with van der Waals surface area (Å²) < 4.78 is 5.36. The number of benzene rings is 4. The van der Waals surface area contributed by atoms with E-state index in [2.05, 4.69) is 72.8 Å². The number of carbonyl (C=O) groups excluding carboxylic acids is 1. The van der Waals surface area contributed by atoms with Crippen molar-refractivity contribution in [2.45, 2.75) is 6.16 Å². The molecule has 0 aromatic heterocycles. The molecule has 5 heteroatoms. The summed E-state index contributed by atoms with van der Waals surface area (Å²) in [6, 6.07) is 34.7. The highest BCUT2D eigenvalue weighted by molar-refractivity contribution is 7.95. The Labute approximate surface area is 195 Å². The zero-order valence-electron chi connectivity index (χ0n) is 17.7. The first-order chi connectivity index (χ1) is 15.2. The van der Waals surface area contributed by atoms with Crippen molar-refractivity contribution >= 4 is 29.5 Å². The van der Waals surface area contributed by atoms with Gasteiger partial charge in [-0.15, -0.1) is 0 Å². The first-order valence-electron chi connectivity index (χ1n) is 10.1. The molecule has 1 N–H and O–H groups in total. The van der Waals surface area contributed by atoms with Crippen molar-refractivity contribution in [3.05, 3.63) is 114 Å². The number of hydrogen-bond acceptors (Lipinski definition) is 3. The predicted molar refractivity (Wildman–Crippen MR) is 129 cm³/mol. The highest BCUT2D eigenvalue weighted by Gasteiger charge is 2.46. The maximum absolute atomic E-state index is 11.6. The van der Waals surface area contributed by atoms with Crippen LogP contribution in [-0.2, 0) is 6.16 Å². The standard InChI is InChI=1S/C27H23O3P.ClH/c1-30-26-18-21(19-28)17-22(27(26)29)20-31(23-11-5-2-6-12-23,24-13-7-3-8-14-24)25-15-9-4-10-16-25;/h2-19H,20H2,1H3;1H. The molecule has 0 amide bonds. The van der Waals surface area contributed by atoms with E-state index in [4.69, 9.17) is 4.74 Å². The van der Waals surface area contributed by atoms with Crippen LogP contribution in [0.3, 0.4) is 0 Å². The Morgan fingerprint density at radius 1 is 0.781 bits per heavy atom. The van der Waals surface area contributed by atoms with Gasteiger partial charge in [-0.25, -0.2) is 0 Å². The van der Waals surface area contributed by atoms with E-state index in [1.165, 1.54) is 23.0 Å². The fourth-order valence-electron chi connectivity index (χ4n) is 4.06. The SMILES string of the molecule is COc1cc(C=O)cc(C[P+](c2ccccc2)(c2ccccc2)c2ccccc2)c1O.[Cl-]. The van der Waals surface area contributed by atoms with Crippen LogP contribution in [0.2, 0.25) is 0 Å². The fourth-order valence-corrected chi connectivity index (χ4v) is 8.29. The Kier molecular flexibility index (Phi) is 7.69. The number of ether oxygens (including phenoxy) is 1. The van der Waals surface area contributed by atoms with Gasteiger partial charge in [-0.05, 0) is 48.5 Å². The Morgan fingerprint density at radius 2 is 1.22 bits per heavy atom. The summed E-state index contributed by atoms with van der Waals surface area (Å²) in [7, 11) is -0.693. The highest BCUT2D eigenvalue weighted by atomic mass is 35.5. The average Bonchev–Trinajstić information content (AvgIpc) is 2.85. The number of hydrogen-bond donors (Lipinski definition) is 1. The van der Waals surface area contributed by atoms with Crippen LogP contribution in [0.1, 0.15) is 15.9 Å². The first kappa shape index (κ1) is 23.5. The van der Waals surface area contributed by atoms with Gasteiger partial charge in [0.25, 0.3) is 0 Å². The third-order valence-electron chi connectivity index (χ3n) is 5.53. The van der Waals surface area contributed by atoms with Gasteiger partial charge < -0.3 is 22.3 Å². The zero-order chi connectivity index (χ0) is 21.7. The minimum absolute atomic E-state index is 0. The van der Waals surface area contributed by atoms with Crippen molar-refractivity contribution in [3.63, 3.8) is 0 Å². The number of phenolic OH excluding ortho intramolecular Hbond substituents is 1. The van der Waals surface area contributed by atoms with Crippen LogP contribution in [-0.4, -0.2) is 18.5 Å². The molecule has 4 rings (SSSR count). The van der Waals surface area contributed by atoms with E-state index in [1.807, 2.05) is 18.2 Å². The van der Waals surface area contributed by atoms with Gasteiger partial charge in [-0.3, -0.25) is 4.79 Å². The second kappa shape index (κ2) is 10.5. The topological polar surface area (TPSA) is 46.5 Å². The summed E-state index contributed by atoms with van der Waals surface area (Å²) in [5, 5.41) is 14.6. The smallest absolute Gasteiger partial charge is 0.164 e. The largest absolute Gasteiger partial charge is 1.00 e.